The van der Waals surface area contributed by atoms with E-state index in [1.807, 2.05) is 13.8 Å². The van der Waals surface area contributed by atoms with E-state index in [9.17, 15) is 8.42 Å². The zero-order valence-electron chi connectivity index (χ0n) is 12.4. The second kappa shape index (κ2) is 5.51. The van der Waals surface area contributed by atoms with E-state index in [1.165, 1.54) is 6.07 Å². The first-order chi connectivity index (χ1) is 8.53. The van der Waals surface area contributed by atoms with E-state index >= 15 is 0 Å². The van der Waals surface area contributed by atoms with Gasteiger partial charge in [0, 0.05) is 12.2 Å². The van der Waals surface area contributed by atoms with Gasteiger partial charge in [0.1, 0.15) is 0 Å². The Balaban J connectivity index is 2.90. The fraction of sp³-hybridized carbons (Fsp3) is 0.571. The first-order valence-corrected chi connectivity index (χ1v) is 7.88. The van der Waals surface area contributed by atoms with Crippen molar-refractivity contribution in [3.8, 4) is 0 Å². The van der Waals surface area contributed by atoms with Crippen molar-refractivity contribution < 1.29 is 8.42 Å². The largest absolute Gasteiger partial charge is 0.398 e. The van der Waals surface area contributed by atoms with E-state index in [0.717, 1.165) is 17.5 Å². The Morgan fingerprint density at radius 3 is 2.26 bits per heavy atom. The highest BCUT2D eigenvalue weighted by Gasteiger charge is 2.17. The van der Waals surface area contributed by atoms with Crippen molar-refractivity contribution in [3.05, 3.63) is 23.3 Å². The molecule has 0 bridgehead atoms. The van der Waals surface area contributed by atoms with Gasteiger partial charge in [0.25, 0.3) is 0 Å². The van der Waals surface area contributed by atoms with Crippen LogP contribution in [0.25, 0.3) is 0 Å². The maximum absolute atomic E-state index is 12.2. The van der Waals surface area contributed by atoms with Gasteiger partial charge in [-0.3, -0.25) is 0 Å². The molecule has 0 aliphatic carbocycles. The normalized spacial score (nSPS) is 12.7. The van der Waals surface area contributed by atoms with Crippen LogP contribution in [0.15, 0.2) is 17.0 Å². The van der Waals surface area contributed by atoms with Crippen molar-refractivity contribution in [1.82, 2.24) is 4.72 Å². The molecule has 0 aromatic heterocycles. The van der Waals surface area contributed by atoms with Gasteiger partial charge < -0.3 is 5.73 Å². The van der Waals surface area contributed by atoms with Crippen molar-refractivity contribution in [3.63, 3.8) is 0 Å². The highest BCUT2D eigenvalue weighted by Crippen LogP contribution is 2.22. The van der Waals surface area contributed by atoms with Crippen molar-refractivity contribution in [2.75, 3.05) is 12.3 Å². The van der Waals surface area contributed by atoms with Crippen molar-refractivity contribution in [1.29, 1.82) is 0 Å². The SMILES string of the molecule is Cc1cc(S(=O)(=O)NCCC(C)(C)C)cc(N)c1C. The minimum Gasteiger partial charge on any atom is -0.398 e. The third-order valence-electron chi connectivity index (χ3n) is 3.16. The molecular weight excluding hydrogens is 260 g/mol. The molecule has 0 saturated carbocycles. The summed E-state index contributed by atoms with van der Waals surface area (Å²) < 4.78 is 27.0. The number of sulfonamides is 1. The fourth-order valence-corrected chi connectivity index (χ4v) is 2.80. The molecule has 0 aliphatic rings. The molecule has 108 valence electrons. The van der Waals surface area contributed by atoms with Crippen LogP contribution >= 0.6 is 0 Å². The highest BCUT2D eigenvalue weighted by atomic mass is 32.2. The Hall–Kier alpha value is -1.07. The Labute approximate surface area is 116 Å². The predicted octanol–water partition coefficient (Wildman–Crippen LogP) is 2.60. The van der Waals surface area contributed by atoms with Crippen LogP contribution in [-0.4, -0.2) is 15.0 Å². The number of nitrogen functional groups attached to an aromatic ring is 1. The molecule has 0 saturated heterocycles. The van der Waals surface area contributed by atoms with Gasteiger partial charge in [-0.25, -0.2) is 13.1 Å². The molecule has 19 heavy (non-hydrogen) atoms. The van der Waals surface area contributed by atoms with E-state index in [0.29, 0.717) is 12.2 Å². The molecule has 0 spiro atoms. The van der Waals surface area contributed by atoms with Crippen LogP contribution in [0, 0.1) is 19.3 Å². The van der Waals surface area contributed by atoms with Gasteiger partial charge in [-0.1, -0.05) is 20.8 Å². The number of anilines is 1. The van der Waals surface area contributed by atoms with Crippen molar-refractivity contribution in [2.45, 2.75) is 45.9 Å². The maximum Gasteiger partial charge on any atom is 0.240 e. The smallest absolute Gasteiger partial charge is 0.240 e. The fourth-order valence-electron chi connectivity index (χ4n) is 1.65. The molecule has 1 aromatic carbocycles. The van der Waals surface area contributed by atoms with Crippen molar-refractivity contribution >= 4 is 15.7 Å². The molecule has 0 aliphatic heterocycles. The number of nitrogens with one attached hydrogen (secondary N) is 1. The minimum absolute atomic E-state index is 0.102. The number of rotatable bonds is 4. The molecule has 0 atom stereocenters. The third kappa shape index (κ3) is 4.51. The van der Waals surface area contributed by atoms with Crippen LogP contribution < -0.4 is 10.5 Å². The van der Waals surface area contributed by atoms with E-state index < -0.39 is 10.0 Å². The molecule has 0 radical (unpaired) electrons. The van der Waals surface area contributed by atoms with E-state index in [4.69, 9.17) is 5.73 Å². The van der Waals surface area contributed by atoms with Crippen LogP contribution in [0.4, 0.5) is 5.69 Å². The monoisotopic (exact) mass is 284 g/mol. The molecule has 1 aromatic rings. The molecule has 3 N–H and O–H groups in total. The summed E-state index contributed by atoms with van der Waals surface area (Å²) >= 11 is 0. The highest BCUT2D eigenvalue weighted by molar-refractivity contribution is 7.89. The summed E-state index contributed by atoms with van der Waals surface area (Å²) in [6.45, 7) is 10.4. The summed E-state index contributed by atoms with van der Waals surface area (Å²) in [4.78, 5) is 0.238. The number of nitrogens with two attached hydrogens (primary N) is 1. The Morgan fingerprint density at radius 1 is 1.21 bits per heavy atom. The summed E-state index contributed by atoms with van der Waals surface area (Å²) in [7, 11) is -3.47. The van der Waals surface area contributed by atoms with Crippen molar-refractivity contribution in [2.24, 2.45) is 5.41 Å². The Kier molecular flexibility index (Phi) is 4.63. The topological polar surface area (TPSA) is 72.2 Å². The zero-order chi connectivity index (χ0) is 14.8. The van der Waals surface area contributed by atoms with Crippen LogP contribution in [0.5, 0.6) is 0 Å². The molecule has 4 nitrogen and oxygen atoms in total. The Bertz CT molecular complexity index is 534. The van der Waals surface area contributed by atoms with Crippen LogP contribution in [0.3, 0.4) is 0 Å². The molecule has 5 heteroatoms. The first kappa shape index (κ1) is 16.0. The number of hydrogen-bond donors (Lipinski definition) is 2. The molecule has 0 unspecified atom stereocenters. The lowest BCUT2D eigenvalue weighted by molar-refractivity contribution is 0.378. The van der Waals surface area contributed by atoms with Gasteiger partial charge in [-0.15, -0.1) is 0 Å². The van der Waals surface area contributed by atoms with E-state index in [1.54, 1.807) is 6.07 Å². The maximum atomic E-state index is 12.2. The number of benzene rings is 1. The predicted molar refractivity (Wildman–Crippen MR) is 79.6 cm³/mol. The summed E-state index contributed by atoms with van der Waals surface area (Å²) in [5.41, 5.74) is 8.25. The molecule has 0 heterocycles. The standard InChI is InChI=1S/C14H24N2O2S/c1-10-8-12(9-13(15)11(10)2)19(17,18)16-7-6-14(3,4)5/h8-9,16H,6-7,15H2,1-5H3. The lowest BCUT2D eigenvalue weighted by atomic mass is 9.93. The zero-order valence-corrected chi connectivity index (χ0v) is 13.2. The van der Waals surface area contributed by atoms with Gasteiger partial charge in [0.2, 0.25) is 10.0 Å². The average molecular weight is 284 g/mol. The number of hydrogen-bond acceptors (Lipinski definition) is 3. The number of aryl methyl sites for hydroxylation is 1. The molecule has 0 fully saturated rings. The summed E-state index contributed by atoms with van der Waals surface area (Å²) in [6, 6.07) is 3.17. The van der Waals surface area contributed by atoms with E-state index in [2.05, 4.69) is 25.5 Å². The van der Waals surface area contributed by atoms with Crippen LogP contribution in [0.1, 0.15) is 38.3 Å². The lowest BCUT2D eigenvalue weighted by Gasteiger charge is -2.18. The van der Waals surface area contributed by atoms with Gasteiger partial charge in [-0.05, 0) is 48.9 Å². The summed E-state index contributed by atoms with van der Waals surface area (Å²) in [6.07, 6.45) is 0.784. The second-order valence-corrected chi connectivity index (χ2v) is 7.93. The molecule has 0 amide bonds. The second-order valence-electron chi connectivity index (χ2n) is 6.16. The van der Waals surface area contributed by atoms with Gasteiger partial charge in [0.15, 0.2) is 0 Å². The minimum atomic E-state index is -3.47. The quantitative estimate of drug-likeness (QED) is 0.835. The van der Waals surface area contributed by atoms with Crippen LogP contribution in [0.2, 0.25) is 0 Å². The third-order valence-corrected chi connectivity index (χ3v) is 4.60. The van der Waals surface area contributed by atoms with Crippen LogP contribution in [-0.2, 0) is 10.0 Å². The summed E-state index contributed by atoms with van der Waals surface area (Å²) in [5.74, 6) is 0. The summed E-state index contributed by atoms with van der Waals surface area (Å²) in [5, 5.41) is 0. The van der Waals surface area contributed by atoms with Gasteiger partial charge >= 0.3 is 0 Å². The average Bonchev–Trinajstić information content (AvgIpc) is 2.22. The lowest BCUT2D eigenvalue weighted by Crippen LogP contribution is -2.27. The first-order valence-electron chi connectivity index (χ1n) is 6.39. The van der Waals surface area contributed by atoms with Gasteiger partial charge in [0.05, 0.1) is 4.90 Å². The Morgan fingerprint density at radius 2 is 1.79 bits per heavy atom. The van der Waals surface area contributed by atoms with E-state index in [-0.39, 0.29) is 10.3 Å². The van der Waals surface area contributed by atoms with Gasteiger partial charge in [-0.2, -0.15) is 0 Å². The molecule has 1 rings (SSSR count). The molecular formula is C14H24N2O2S.